The lowest BCUT2D eigenvalue weighted by molar-refractivity contribution is -0.136. The molecule has 0 saturated carbocycles. The van der Waals surface area contributed by atoms with Gasteiger partial charge in [-0.25, -0.2) is 0 Å². The first-order valence-electron chi connectivity index (χ1n) is 8.53. The smallest absolute Gasteiger partial charge is 0.245 e. The number of rotatable bonds is 2. The lowest BCUT2D eigenvalue weighted by Crippen LogP contribution is -2.59. The summed E-state index contributed by atoms with van der Waals surface area (Å²) in [6.07, 6.45) is 0.252. The van der Waals surface area contributed by atoms with Gasteiger partial charge in [0, 0.05) is 31.1 Å². The van der Waals surface area contributed by atoms with Crippen molar-refractivity contribution in [3.63, 3.8) is 0 Å². The first-order chi connectivity index (χ1) is 11.6. The average molecular weight is 345 g/mol. The number of nitrogens with one attached hydrogen (secondary N) is 1. The Morgan fingerprint density at radius 3 is 2.20 bits per heavy atom. The number of hydrogen-bond donors (Lipinski definition) is 1. The van der Waals surface area contributed by atoms with Crippen LogP contribution in [0.2, 0.25) is 0 Å². The summed E-state index contributed by atoms with van der Waals surface area (Å²) in [5, 5.41) is 2.93. The van der Waals surface area contributed by atoms with Crippen molar-refractivity contribution in [1.82, 2.24) is 10.2 Å². The molecule has 1 aromatic carbocycles. The van der Waals surface area contributed by atoms with E-state index in [1.54, 1.807) is 7.05 Å². The highest BCUT2D eigenvalue weighted by atomic mass is 16.2. The van der Waals surface area contributed by atoms with Gasteiger partial charge in [-0.05, 0) is 39.8 Å². The number of carbonyl (C=O) groups excluding carboxylic acids is 3. The van der Waals surface area contributed by atoms with Crippen molar-refractivity contribution in [1.29, 1.82) is 0 Å². The predicted octanol–water partition coefficient (Wildman–Crippen LogP) is 1.86. The number of carbonyl (C=O) groups is 3. The van der Waals surface area contributed by atoms with E-state index in [1.807, 2.05) is 52.0 Å². The number of hydrogen-bond acceptors (Lipinski definition) is 3. The van der Waals surface area contributed by atoms with Crippen LogP contribution in [-0.2, 0) is 14.4 Å². The molecule has 2 rings (SSSR count). The molecular weight excluding hydrogens is 318 g/mol. The van der Waals surface area contributed by atoms with Gasteiger partial charge >= 0.3 is 0 Å². The highest BCUT2D eigenvalue weighted by Gasteiger charge is 2.36. The molecule has 1 aliphatic heterocycles. The third-order valence-corrected chi connectivity index (χ3v) is 4.12. The predicted molar refractivity (Wildman–Crippen MR) is 97.2 cm³/mol. The third-order valence-electron chi connectivity index (χ3n) is 4.12. The zero-order chi connectivity index (χ0) is 18.8. The Morgan fingerprint density at radius 1 is 1.08 bits per heavy atom. The van der Waals surface area contributed by atoms with Gasteiger partial charge in [-0.2, -0.15) is 0 Å². The molecule has 6 nitrogen and oxygen atoms in total. The van der Waals surface area contributed by atoms with Crippen LogP contribution in [-0.4, -0.2) is 47.8 Å². The van der Waals surface area contributed by atoms with Gasteiger partial charge in [0.05, 0.1) is 6.54 Å². The number of anilines is 1. The summed E-state index contributed by atoms with van der Waals surface area (Å²) in [6, 6.07) is 6.75. The number of nitrogens with zero attached hydrogens (tertiary/aromatic N) is 2. The van der Waals surface area contributed by atoms with E-state index in [2.05, 4.69) is 5.32 Å². The van der Waals surface area contributed by atoms with Crippen molar-refractivity contribution in [3.8, 4) is 0 Å². The van der Waals surface area contributed by atoms with Crippen molar-refractivity contribution in [2.75, 3.05) is 18.5 Å². The fourth-order valence-electron chi connectivity index (χ4n) is 2.82. The van der Waals surface area contributed by atoms with E-state index in [-0.39, 0.29) is 37.1 Å². The molecule has 6 heteroatoms. The summed E-state index contributed by atoms with van der Waals surface area (Å²) in [6.45, 7) is 7.80. The number of benzene rings is 1. The molecule has 1 atom stereocenters. The Balaban J connectivity index is 2.43. The Hall–Kier alpha value is -2.37. The Bertz CT molecular complexity index is 661. The molecule has 0 bridgehead atoms. The molecule has 1 aliphatic rings. The van der Waals surface area contributed by atoms with E-state index in [4.69, 9.17) is 0 Å². The summed E-state index contributed by atoms with van der Waals surface area (Å²) >= 11 is 0. The minimum Gasteiger partial charge on any atom is -0.350 e. The fourth-order valence-corrected chi connectivity index (χ4v) is 2.82. The molecule has 0 radical (unpaired) electrons. The Labute approximate surface area is 149 Å². The third kappa shape index (κ3) is 4.81. The molecule has 3 amide bonds. The van der Waals surface area contributed by atoms with Crippen LogP contribution in [0.4, 0.5) is 5.69 Å². The summed E-state index contributed by atoms with van der Waals surface area (Å²) in [4.78, 5) is 40.8. The monoisotopic (exact) mass is 345 g/mol. The molecule has 136 valence electrons. The Kier molecular flexibility index (Phi) is 5.50. The van der Waals surface area contributed by atoms with E-state index in [1.165, 1.54) is 9.80 Å². The van der Waals surface area contributed by atoms with E-state index in [0.29, 0.717) is 5.69 Å². The number of amides is 3. The largest absolute Gasteiger partial charge is 0.350 e. The van der Waals surface area contributed by atoms with Crippen molar-refractivity contribution < 1.29 is 14.4 Å². The summed E-state index contributed by atoms with van der Waals surface area (Å²) < 4.78 is 0. The molecule has 1 unspecified atom stereocenters. The molecular formula is C19H27N3O3. The second-order valence-corrected chi connectivity index (χ2v) is 7.63. The summed E-state index contributed by atoms with van der Waals surface area (Å²) in [7, 11) is 1.67. The molecule has 1 fully saturated rings. The number of likely N-dealkylation sites (N-methyl/N-ethyl adjacent to an activating group) is 1. The highest BCUT2D eigenvalue weighted by Crippen LogP contribution is 2.23. The molecule has 1 N–H and O–H groups in total. The molecule has 25 heavy (non-hydrogen) atoms. The van der Waals surface area contributed by atoms with Gasteiger partial charge in [0.1, 0.15) is 6.04 Å². The minimum absolute atomic E-state index is 0.0936. The average Bonchev–Trinajstić information content (AvgIpc) is 2.50. The van der Waals surface area contributed by atoms with E-state index < -0.39 is 11.6 Å². The quantitative estimate of drug-likeness (QED) is 0.889. The normalized spacial score (nSPS) is 19.5. The lowest BCUT2D eigenvalue weighted by atomic mass is 10.0. The van der Waals surface area contributed by atoms with Crippen LogP contribution in [0.1, 0.15) is 39.2 Å². The SMILES string of the molecule is Cc1ccc(N2C(=O)CCC(=O)N(C)CC2C(=O)NC(C)(C)C)cc1. The van der Waals surface area contributed by atoms with Gasteiger partial charge in [-0.3, -0.25) is 19.3 Å². The van der Waals surface area contributed by atoms with Crippen molar-refractivity contribution in [2.45, 2.75) is 52.1 Å². The van der Waals surface area contributed by atoms with Crippen LogP contribution in [0.15, 0.2) is 24.3 Å². The van der Waals surface area contributed by atoms with Crippen molar-refractivity contribution in [3.05, 3.63) is 29.8 Å². The van der Waals surface area contributed by atoms with Crippen LogP contribution < -0.4 is 10.2 Å². The van der Waals surface area contributed by atoms with Gasteiger partial charge < -0.3 is 10.2 Å². The summed E-state index contributed by atoms with van der Waals surface area (Å²) in [5.74, 6) is -0.590. The van der Waals surface area contributed by atoms with Gasteiger partial charge in [0.15, 0.2) is 0 Å². The zero-order valence-corrected chi connectivity index (χ0v) is 15.6. The van der Waals surface area contributed by atoms with E-state index in [9.17, 15) is 14.4 Å². The molecule has 0 spiro atoms. The van der Waals surface area contributed by atoms with Crippen molar-refractivity contribution in [2.24, 2.45) is 0 Å². The van der Waals surface area contributed by atoms with Crippen LogP contribution in [0, 0.1) is 6.92 Å². The van der Waals surface area contributed by atoms with Gasteiger partial charge in [-0.15, -0.1) is 0 Å². The minimum atomic E-state index is -0.760. The second kappa shape index (κ2) is 7.25. The second-order valence-electron chi connectivity index (χ2n) is 7.63. The zero-order valence-electron chi connectivity index (χ0n) is 15.6. The van der Waals surface area contributed by atoms with E-state index >= 15 is 0 Å². The van der Waals surface area contributed by atoms with Crippen molar-refractivity contribution >= 4 is 23.4 Å². The molecule has 1 aromatic rings. The van der Waals surface area contributed by atoms with Crippen LogP contribution in [0.3, 0.4) is 0 Å². The molecule has 0 aliphatic carbocycles. The molecule has 1 heterocycles. The molecule has 0 aromatic heterocycles. The topological polar surface area (TPSA) is 69.7 Å². The lowest BCUT2D eigenvalue weighted by Gasteiger charge is -2.37. The maximum Gasteiger partial charge on any atom is 0.245 e. The maximum absolute atomic E-state index is 12.9. The highest BCUT2D eigenvalue weighted by molar-refractivity contribution is 6.03. The Morgan fingerprint density at radius 2 is 1.64 bits per heavy atom. The van der Waals surface area contributed by atoms with Gasteiger partial charge in [-0.1, -0.05) is 17.7 Å². The van der Waals surface area contributed by atoms with Gasteiger partial charge in [0.25, 0.3) is 0 Å². The van der Waals surface area contributed by atoms with Gasteiger partial charge in [0.2, 0.25) is 17.7 Å². The van der Waals surface area contributed by atoms with E-state index in [0.717, 1.165) is 5.56 Å². The first kappa shape index (κ1) is 19.0. The maximum atomic E-state index is 12.9. The van der Waals surface area contributed by atoms with Crippen LogP contribution in [0.25, 0.3) is 0 Å². The van der Waals surface area contributed by atoms with Crippen LogP contribution in [0.5, 0.6) is 0 Å². The summed E-state index contributed by atoms with van der Waals surface area (Å²) in [5.41, 5.74) is 1.32. The van der Waals surface area contributed by atoms with Crippen LogP contribution >= 0.6 is 0 Å². The fraction of sp³-hybridized carbons (Fsp3) is 0.526. The standard InChI is InChI=1S/C19H27N3O3/c1-13-6-8-14(9-7-13)22-15(18(25)20-19(2,3)4)12-21(5)16(23)10-11-17(22)24/h6-9,15H,10-12H2,1-5H3,(H,20,25). The number of aryl methyl sites for hydroxylation is 1. The molecule has 1 saturated heterocycles. The first-order valence-corrected chi connectivity index (χ1v) is 8.53.